The Morgan fingerprint density at radius 1 is 0.612 bits per heavy atom. The number of Topliss-reactive ketones (excluding diaryl/α,β-unsaturated/α-hetero) is 1. The molecule has 8 atom stereocenters. The maximum atomic E-state index is 12.8. The van der Waals surface area contributed by atoms with Crippen LogP contribution >= 0.6 is 0 Å². The molecule has 4 aliphatic rings. The Morgan fingerprint density at radius 3 is 1.27 bits per heavy atom. The van der Waals surface area contributed by atoms with Crippen LogP contribution in [0.2, 0.25) is 44.3 Å². The number of hydrogen-bond acceptors (Lipinski definition) is 16. The van der Waals surface area contributed by atoms with Crippen LogP contribution in [0.3, 0.4) is 0 Å². The second-order valence-electron chi connectivity index (χ2n) is 21.3. The molecular weight excluding hydrogens is 931 g/mol. The van der Waals surface area contributed by atoms with E-state index in [1.165, 1.54) is 34.5 Å². The van der Waals surface area contributed by atoms with Crippen LogP contribution in [-0.2, 0) is 46.6 Å². The summed E-state index contributed by atoms with van der Waals surface area (Å²) in [6.07, 6.45) is -3.47. The Hall–Kier alpha value is -2.30. The van der Waals surface area contributed by atoms with Gasteiger partial charge >= 0.3 is 45.6 Å². The predicted octanol–water partition coefficient (Wildman–Crippen LogP) is 6.63. The van der Waals surface area contributed by atoms with E-state index in [4.69, 9.17) is 41.1 Å². The number of aliphatic hydroxyl groups is 2. The predicted molar refractivity (Wildman–Crippen MR) is 263 cm³/mol. The van der Waals surface area contributed by atoms with E-state index in [0.29, 0.717) is 5.69 Å². The van der Waals surface area contributed by atoms with Gasteiger partial charge in [-0.15, -0.1) is 0 Å². The molecule has 0 radical (unpaired) electrons. The number of nitrogens with zero attached hydrogens (tertiary/aromatic N) is 4. The van der Waals surface area contributed by atoms with Crippen LogP contribution in [0.4, 0.5) is 5.82 Å². The maximum absolute atomic E-state index is 12.8. The fourth-order valence-corrected chi connectivity index (χ4v) is 32.8. The first-order chi connectivity index (χ1) is 31.1. The van der Waals surface area contributed by atoms with E-state index in [2.05, 4.69) is 121 Å². The van der Waals surface area contributed by atoms with Crippen LogP contribution < -0.4 is 17.1 Å². The first-order valence-electron chi connectivity index (χ1n) is 24.2. The van der Waals surface area contributed by atoms with Crippen LogP contribution in [0.5, 0.6) is 0 Å². The van der Waals surface area contributed by atoms with Gasteiger partial charge in [-0.1, -0.05) is 111 Å². The van der Waals surface area contributed by atoms with Gasteiger partial charge in [0.1, 0.15) is 48.2 Å². The monoisotopic (exact) mass is 1010 g/mol. The summed E-state index contributed by atoms with van der Waals surface area (Å²) in [5, 5.41) is 22.6. The molecule has 4 aliphatic heterocycles. The van der Waals surface area contributed by atoms with Crippen molar-refractivity contribution < 1.29 is 50.4 Å². The third kappa shape index (κ3) is 10.8. The minimum absolute atomic E-state index is 0.0810. The number of aromatic nitrogens is 4. The SMILES string of the molecule is CC(=O)Cc1ccn([C@@H]2O[C@@H]3CO[Si](C(C)C)(C(C)C)O[Si](C(C)C)(C(C)C)O[C@H]3[C@H]2O)c(=O)n1.CC(C)[Si]1(C(C)C)OC[C@H]2O[C@@H](n3ccc(N)nc3=O)[C@H](O)[C@@H]2O[Si](C(C)C)(C(C)C)O1. The van der Waals surface area contributed by atoms with E-state index in [0.717, 1.165) is 0 Å². The molecule has 0 unspecified atom stereocenters. The van der Waals surface area contributed by atoms with Crippen LogP contribution in [0.25, 0.3) is 0 Å². The van der Waals surface area contributed by atoms with Crippen molar-refractivity contribution in [1.82, 2.24) is 19.1 Å². The zero-order valence-electron chi connectivity index (χ0n) is 42.9. The second kappa shape index (κ2) is 21.6. The summed E-state index contributed by atoms with van der Waals surface area (Å²) in [4.78, 5) is 44.4. The molecule has 67 heavy (non-hydrogen) atoms. The van der Waals surface area contributed by atoms with Crippen molar-refractivity contribution in [2.75, 3.05) is 18.9 Å². The number of anilines is 1. The number of carbonyl (C=O) groups excluding carboxylic acids is 1. The standard InChI is InChI=1S/C24H42N2O7Si2.C21H39N3O6Si2/c1-14(2)34(15(3)4)30-13-20-22(32-35(33-34,16(5)6)17(7)8)21(28)23(31-20)26-11-10-19(12-18(9)27)25-24(26)29;1-12(2)31(13(3)4)27-11-16-19(29-32(30-31,14(5)6)15(7)8)18(25)20(28-16)24-10-9-17(22)23-21(24)26/h10-11,14-17,20-23,28H,12-13H2,1-9H3;9-10,12-16,18-20,25H,11H2,1-8H3,(H2,22,23,26)/t20-,21-,22-,23-;16-,18-,19-,20-/m11/s1. The van der Waals surface area contributed by atoms with Gasteiger partial charge in [0.2, 0.25) is 0 Å². The zero-order chi connectivity index (χ0) is 50.3. The highest BCUT2D eigenvalue weighted by molar-refractivity contribution is 6.84. The highest BCUT2D eigenvalue weighted by Crippen LogP contribution is 2.50. The van der Waals surface area contributed by atoms with Gasteiger partial charge in [0.05, 0.1) is 18.9 Å². The molecule has 0 bridgehead atoms. The summed E-state index contributed by atoms with van der Waals surface area (Å²) in [5.41, 5.74) is 6.12. The lowest BCUT2D eigenvalue weighted by atomic mass is 10.1. The van der Waals surface area contributed by atoms with Gasteiger partial charge in [0, 0.05) is 18.8 Å². The molecule has 6 heterocycles. The topological polar surface area (TPSA) is 227 Å². The van der Waals surface area contributed by atoms with Crippen molar-refractivity contribution in [2.24, 2.45) is 0 Å². The summed E-state index contributed by atoms with van der Waals surface area (Å²) < 4.78 is 56.3. The molecule has 6 rings (SSSR count). The van der Waals surface area contributed by atoms with Gasteiger partial charge in [-0.2, -0.15) is 9.97 Å². The number of rotatable bonds is 12. The molecule has 18 nitrogen and oxygen atoms in total. The molecule has 0 saturated carbocycles. The van der Waals surface area contributed by atoms with Gasteiger partial charge in [0.15, 0.2) is 12.5 Å². The number of ether oxygens (including phenoxy) is 2. The van der Waals surface area contributed by atoms with Gasteiger partial charge in [0.25, 0.3) is 0 Å². The molecule has 0 spiro atoms. The average molecular weight is 1010 g/mol. The van der Waals surface area contributed by atoms with E-state index < -0.39 is 94.7 Å². The number of fused-ring (bicyclic) bond motifs is 2. The second-order valence-corrected chi connectivity index (χ2v) is 38.9. The van der Waals surface area contributed by atoms with E-state index in [1.54, 1.807) is 6.07 Å². The molecule has 4 saturated heterocycles. The number of carbonyl (C=O) groups is 1. The van der Waals surface area contributed by atoms with Gasteiger partial charge < -0.3 is 51.4 Å². The molecule has 0 amide bonds. The van der Waals surface area contributed by atoms with E-state index in [1.807, 2.05) is 0 Å². The van der Waals surface area contributed by atoms with Gasteiger partial charge in [-0.05, 0) is 63.4 Å². The fourth-order valence-electron chi connectivity index (χ4n) is 10.3. The number of ketones is 1. The molecule has 0 aromatic carbocycles. The van der Waals surface area contributed by atoms with E-state index >= 15 is 0 Å². The third-order valence-electron chi connectivity index (χ3n) is 14.0. The first kappa shape index (κ1) is 55.6. The lowest BCUT2D eigenvalue weighted by molar-refractivity contribution is -0.116. The minimum Gasteiger partial charge on any atom is -0.414 e. The molecule has 2 aromatic heterocycles. The smallest absolute Gasteiger partial charge is 0.351 e. The Balaban J connectivity index is 0.000000252. The Bertz CT molecular complexity index is 2090. The van der Waals surface area contributed by atoms with Crippen molar-refractivity contribution in [3.63, 3.8) is 0 Å². The van der Waals surface area contributed by atoms with Crippen LogP contribution in [0.15, 0.2) is 34.1 Å². The van der Waals surface area contributed by atoms with E-state index in [9.17, 15) is 24.6 Å². The Morgan fingerprint density at radius 2 is 0.955 bits per heavy atom. The largest absolute Gasteiger partial charge is 0.414 e. The molecule has 4 fully saturated rings. The number of nitrogens with two attached hydrogens (primary N) is 1. The minimum atomic E-state index is -2.92. The molecule has 0 aliphatic carbocycles. The summed E-state index contributed by atoms with van der Waals surface area (Å²) in [5.74, 6) is 0.0379. The number of aliphatic hydroxyl groups excluding tert-OH is 2. The van der Waals surface area contributed by atoms with Gasteiger partial charge in [-0.3, -0.25) is 13.9 Å². The van der Waals surface area contributed by atoms with Crippen molar-refractivity contribution in [3.05, 3.63) is 51.2 Å². The summed E-state index contributed by atoms with van der Waals surface area (Å²) in [6, 6.07) is 3.12. The highest BCUT2D eigenvalue weighted by Gasteiger charge is 2.63. The fraction of sp³-hybridized carbons (Fsp3) is 0.800. The van der Waals surface area contributed by atoms with Crippen LogP contribution in [0.1, 0.15) is 136 Å². The summed E-state index contributed by atoms with van der Waals surface area (Å²) in [7, 11) is -11.3. The van der Waals surface area contributed by atoms with Crippen LogP contribution in [-0.4, -0.2) is 119 Å². The van der Waals surface area contributed by atoms with Crippen LogP contribution in [0, 0.1) is 0 Å². The Kier molecular flexibility index (Phi) is 17.9. The number of nitrogen functional groups attached to an aromatic ring is 1. The summed E-state index contributed by atoms with van der Waals surface area (Å²) >= 11 is 0. The zero-order valence-corrected chi connectivity index (χ0v) is 46.9. The quantitative estimate of drug-likeness (QED) is 0.190. The lowest BCUT2D eigenvalue weighted by Crippen LogP contribution is -2.65. The molecule has 22 heteroatoms. The first-order valence-corrected chi connectivity index (χ1v) is 32.1. The average Bonchev–Trinajstić information content (AvgIpc) is 3.66. The third-order valence-corrected chi connectivity index (χ3v) is 34.5. The maximum Gasteiger partial charge on any atom is 0.351 e. The molecule has 4 N–H and O–H groups in total. The Labute approximate surface area is 401 Å². The van der Waals surface area contributed by atoms with Crippen molar-refractivity contribution in [1.29, 1.82) is 0 Å². The molecular formula is C45H81N5O13Si4. The lowest BCUT2D eigenvalue weighted by Gasteiger charge is -2.51. The van der Waals surface area contributed by atoms with Crippen molar-refractivity contribution in [3.8, 4) is 0 Å². The summed E-state index contributed by atoms with van der Waals surface area (Å²) in [6.45, 7) is 36.0. The van der Waals surface area contributed by atoms with E-state index in [-0.39, 0.29) is 75.6 Å². The van der Waals surface area contributed by atoms with Crippen molar-refractivity contribution >= 4 is 45.8 Å². The normalized spacial score (nSPS) is 29.2. The van der Waals surface area contributed by atoms with Gasteiger partial charge in [-0.25, -0.2) is 9.59 Å². The molecule has 380 valence electrons. The highest BCUT2D eigenvalue weighted by atomic mass is 28.5. The number of hydrogen-bond donors (Lipinski definition) is 3. The molecule has 2 aromatic rings. The van der Waals surface area contributed by atoms with Crippen molar-refractivity contribution in [2.45, 2.75) is 218 Å².